The minimum atomic E-state index is -0.0664. The Morgan fingerprint density at radius 2 is 2.00 bits per heavy atom. The first-order valence-corrected chi connectivity index (χ1v) is 4.51. The number of rotatable bonds is 0. The van der Waals surface area contributed by atoms with Crippen molar-refractivity contribution in [1.82, 2.24) is 0 Å². The minimum Gasteiger partial charge on any atom is -0.323 e. The van der Waals surface area contributed by atoms with Crippen LogP contribution in [0.25, 0.3) is 0 Å². The summed E-state index contributed by atoms with van der Waals surface area (Å²) in [5, 5.41) is 4.27. The molecule has 0 spiro atoms. The fraction of sp³-hybridized carbons (Fsp3) is 0.300. The number of nitrogens with two attached hydrogens (primary N) is 1. The lowest BCUT2D eigenvalue weighted by molar-refractivity contribution is -0.115. The molecule has 0 aliphatic carbocycles. The molecule has 74 valence electrons. The highest BCUT2D eigenvalue weighted by atomic mass is 16.2. The van der Waals surface area contributed by atoms with Gasteiger partial charge in [-0.3, -0.25) is 9.80 Å². The zero-order chi connectivity index (χ0) is 10.3. The topological polar surface area (TPSA) is 58.4 Å². The quantitative estimate of drug-likeness (QED) is 0.600. The van der Waals surface area contributed by atoms with Crippen molar-refractivity contribution in [1.29, 1.82) is 0 Å². The van der Waals surface area contributed by atoms with Crippen LogP contribution in [0.5, 0.6) is 0 Å². The number of hydrogen-bond donors (Lipinski definition) is 2. The molecule has 1 aromatic rings. The second kappa shape index (κ2) is 2.99. The van der Waals surface area contributed by atoms with Crippen LogP contribution < -0.4 is 16.2 Å². The van der Waals surface area contributed by atoms with Gasteiger partial charge in [0.1, 0.15) is 6.54 Å². The third kappa shape index (κ3) is 1.33. The van der Waals surface area contributed by atoms with E-state index in [4.69, 9.17) is 5.84 Å². The first-order valence-electron chi connectivity index (χ1n) is 4.51. The van der Waals surface area contributed by atoms with Gasteiger partial charge in [-0.1, -0.05) is 0 Å². The number of hydrazine groups is 1. The van der Waals surface area contributed by atoms with Gasteiger partial charge in [0, 0.05) is 0 Å². The van der Waals surface area contributed by atoms with Crippen molar-refractivity contribution in [3.63, 3.8) is 0 Å². The number of benzene rings is 1. The molecule has 3 N–H and O–H groups in total. The number of anilines is 2. The maximum Gasteiger partial charge on any atom is 0.245 e. The van der Waals surface area contributed by atoms with Crippen molar-refractivity contribution in [3.8, 4) is 0 Å². The Labute approximate surface area is 82.7 Å². The van der Waals surface area contributed by atoms with Crippen LogP contribution in [0.2, 0.25) is 0 Å². The molecule has 1 amide bonds. The summed E-state index contributed by atoms with van der Waals surface area (Å²) in [5.74, 6) is 5.66. The van der Waals surface area contributed by atoms with Crippen molar-refractivity contribution < 1.29 is 4.79 Å². The van der Waals surface area contributed by atoms with Crippen molar-refractivity contribution >= 4 is 17.3 Å². The molecular formula is C10H13N3O. The Kier molecular flexibility index (Phi) is 1.93. The standard InChI is InChI=1S/C10H13N3O/c1-6-3-8-9(4-7(6)2)13(11)5-10(14)12-8/h3-4H,5,11H2,1-2H3,(H,12,14). The molecule has 1 heterocycles. The van der Waals surface area contributed by atoms with Crippen molar-refractivity contribution in [3.05, 3.63) is 23.3 Å². The lowest BCUT2D eigenvalue weighted by Crippen LogP contribution is -2.42. The average Bonchev–Trinajstić information content (AvgIpc) is 2.08. The van der Waals surface area contributed by atoms with E-state index in [1.54, 1.807) is 0 Å². The Morgan fingerprint density at radius 3 is 2.71 bits per heavy atom. The maximum atomic E-state index is 11.2. The molecule has 0 aromatic heterocycles. The van der Waals surface area contributed by atoms with Gasteiger partial charge in [-0.05, 0) is 37.1 Å². The van der Waals surface area contributed by atoms with Gasteiger partial charge in [-0.2, -0.15) is 0 Å². The number of nitrogens with one attached hydrogen (secondary N) is 1. The van der Waals surface area contributed by atoms with Crippen molar-refractivity contribution in [2.75, 3.05) is 16.9 Å². The highest BCUT2D eigenvalue weighted by Crippen LogP contribution is 2.30. The molecule has 0 fully saturated rings. The van der Waals surface area contributed by atoms with E-state index in [1.807, 2.05) is 26.0 Å². The van der Waals surface area contributed by atoms with Crippen LogP contribution in [-0.2, 0) is 4.79 Å². The summed E-state index contributed by atoms with van der Waals surface area (Å²) in [4.78, 5) is 11.2. The SMILES string of the molecule is Cc1cc2c(cc1C)N(N)CC(=O)N2. The second-order valence-corrected chi connectivity index (χ2v) is 3.63. The van der Waals surface area contributed by atoms with E-state index < -0.39 is 0 Å². The minimum absolute atomic E-state index is 0.0664. The number of carbonyl (C=O) groups is 1. The lowest BCUT2D eigenvalue weighted by atomic mass is 10.1. The third-order valence-electron chi connectivity index (χ3n) is 2.51. The molecule has 0 saturated heterocycles. The van der Waals surface area contributed by atoms with E-state index in [1.165, 1.54) is 10.6 Å². The summed E-state index contributed by atoms with van der Waals surface area (Å²) in [7, 11) is 0. The van der Waals surface area contributed by atoms with Crippen LogP contribution in [0.1, 0.15) is 11.1 Å². The monoisotopic (exact) mass is 191 g/mol. The second-order valence-electron chi connectivity index (χ2n) is 3.63. The van der Waals surface area contributed by atoms with E-state index in [9.17, 15) is 4.79 Å². The Morgan fingerprint density at radius 1 is 1.36 bits per heavy atom. The molecule has 1 aliphatic heterocycles. The number of nitrogens with zero attached hydrogens (tertiary/aromatic N) is 1. The largest absolute Gasteiger partial charge is 0.323 e. The number of aryl methyl sites for hydroxylation is 2. The Hall–Kier alpha value is -1.55. The molecule has 0 bridgehead atoms. The summed E-state index contributed by atoms with van der Waals surface area (Å²) in [6.07, 6.45) is 0. The molecule has 1 aliphatic rings. The molecule has 0 saturated carbocycles. The molecule has 14 heavy (non-hydrogen) atoms. The van der Waals surface area contributed by atoms with Gasteiger partial charge in [0.15, 0.2) is 0 Å². The summed E-state index contributed by atoms with van der Waals surface area (Å²) < 4.78 is 0. The van der Waals surface area contributed by atoms with Gasteiger partial charge >= 0.3 is 0 Å². The fourth-order valence-electron chi connectivity index (χ4n) is 1.57. The van der Waals surface area contributed by atoms with Gasteiger partial charge in [0.05, 0.1) is 11.4 Å². The van der Waals surface area contributed by atoms with Gasteiger partial charge < -0.3 is 5.32 Å². The van der Waals surface area contributed by atoms with Crippen LogP contribution >= 0.6 is 0 Å². The summed E-state index contributed by atoms with van der Waals surface area (Å²) >= 11 is 0. The summed E-state index contributed by atoms with van der Waals surface area (Å²) in [5.41, 5.74) is 4.01. The van der Waals surface area contributed by atoms with Crippen LogP contribution in [0.15, 0.2) is 12.1 Å². The molecule has 0 atom stereocenters. The molecule has 4 heteroatoms. The number of carbonyl (C=O) groups excluding carboxylic acids is 1. The molecular weight excluding hydrogens is 178 g/mol. The van der Waals surface area contributed by atoms with Crippen LogP contribution in [-0.4, -0.2) is 12.5 Å². The van der Waals surface area contributed by atoms with Gasteiger partial charge in [0.2, 0.25) is 5.91 Å². The zero-order valence-electron chi connectivity index (χ0n) is 8.29. The van der Waals surface area contributed by atoms with Crippen molar-refractivity contribution in [2.45, 2.75) is 13.8 Å². The van der Waals surface area contributed by atoms with Crippen LogP contribution in [0.4, 0.5) is 11.4 Å². The molecule has 4 nitrogen and oxygen atoms in total. The smallest absolute Gasteiger partial charge is 0.245 e. The average molecular weight is 191 g/mol. The zero-order valence-corrected chi connectivity index (χ0v) is 8.29. The predicted molar refractivity (Wildman–Crippen MR) is 56.1 cm³/mol. The van der Waals surface area contributed by atoms with Gasteiger partial charge in [-0.15, -0.1) is 0 Å². The van der Waals surface area contributed by atoms with E-state index in [2.05, 4.69) is 5.32 Å². The fourth-order valence-corrected chi connectivity index (χ4v) is 1.57. The third-order valence-corrected chi connectivity index (χ3v) is 2.51. The maximum absolute atomic E-state index is 11.2. The van der Waals surface area contributed by atoms with E-state index in [0.29, 0.717) is 0 Å². The van der Waals surface area contributed by atoms with Crippen molar-refractivity contribution in [2.24, 2.45) is 5.84 Å². The Balaban J connectivity index is 2.54. The molecule has 1 aromatic carbocycles. The summed E-state index contributed by atoms with van der Waals surface area (Å²) in [6, 6.07) is 3.94. The Bertz CT molecular complexity index is 401. The van der Waals surface area contributed by atoms with Gasteiger partial charge in [-0.25, -0.2) is 5.84 Å². The molecule has 0 unspecified atom stereocenters. The van der Waals surface area contributed by atoms with E-state index in [0.717, 1.165) is 16.9 Å². The number of fused-ring (bicyclic) bond motifs is 1. The van der Waals surface area contributed by atoms with E-state index in [-0.39, 0.29) is 12.5 Å². The van der Waals surface area contributed by atoms with E-state index >= 15 is 0 Å². The first kappa shape index (κ1) is 9.02. The predicted octanol–water partition coefficient (Wildman–Crippen LogP) is 0.936. The molecule has 0 radical (unpaired) electrons. The van der Waals surface area contributed by atoms with Gasteiger partial charge in [0.25, 0.3) is 0 Å². The van der Waals surface area contributed by atoms with Crippen LogP contribution in [0.3, 0.4) is 0 Å². The molecule has 2 rings (SSSR count). The number of hydrogen-bond acceptors (Lipinski definition) is 3. The number of amides is 1. The summed E-state index contributed by atoms with van der Waals surface area (Å²) in [6.45, 7) is 4.26. The highest BCUT2D eigenvalue weighted by molar-refractivity contribution is 6.01. The van der Waals surface area contributed by atoms with Crippen LogP contribution in [0, 0.1) is 13.8 Å². The first-order chi connectivity index (χ1) is 6.58. The highest BCUT2D eigenvalue weighted by Gasteiger charge is 2.19. The lowest BCUT2D eigenvalue weighted by Gasteiger charge is -2.27. The normalized spacial score (nSPS) is 15.1.